The second-order valence-corrected chi connectivity index (χ2v) is 4.70. The molecule has 0 radical (unpaired) electrons. The second kappa shape index (κ2) is 7.31. The van der Waals surface area contributed by atoms with Gasteiger partial charge < -0.3 is 21.5 Å². The van der Waals surface area contributed by atoms with Crippen LogP contribution in [0, 0.1) is 0 Å². The van der Waals surface area contributed by atoms with E-state index < -0.39 is 0 Å². The first kappa shape index (κ1) is 14.9. The van der Waals surface area contributed by atoms with Crippen molar-refractivity contribution >= 4 is 11.7 Å². The van der Waals surface area contributed by atoms with Gasteiger partial charge >= 0.3 is 6.03 Å². The molecule has 0 spiro atoms. The topological polar surface area (TPSA) is 87.4 Å². The van der Waals surface area contributed by atoms with Gasteiger partial charge in [-0.1, -0.05) is 24.3 Å². The Labute approximate surface area is 123 Å². The van der Waals surface area contributed by atoms with Gasteiger partial charge in [-0.3, -0.25) is 0 Å². The first-order valence-corrected chi connectivity index (χ1v) is 6.79. The quantitative estimate of drug-likeness (QED) is 0.679. The summed E-state index contributed by atoms with van der Waals surface area (Å²) in [6, 6.07) is 14.1. The van der Waals surface area contributed by atoms with Gasteiger partial charge in [-0.25, -0.2) is 4.79 Å². The van der Waals surface area contributed by atoms with Gasteiger partial charge in [0, 0.05) is 18.8 Å². The Morgan fingerprint density at radius 2 is 1.62 bits per heavy atom. The lowest BCUT2D eigenvalue weighted by atomic mass is 10.1. The molecule has 0 aliphatic rings. The largest absolute Gasteiger partial charge is 0.508 e. The summed E-state index contributed by atoms with van der Waals surface area (Å²) < 4.78 is 0. The van der Waals surface area contributed by atoms with Gasteiger partial charge in [0.25, 0.3) is 0 Å². The summed E-state index contributed by atoms with van der Waals surface area (Å²) in [6.07, 6.45) is 0.708. The van der Waals surface area contributed by atoms with Crippen molar-refractivity contribution in [2.75, 3.05) is 11.9 Å². The number of hydrogen-bond donors (Lipinski definition) is 4. The van der Waals surface area contributed by atoms with E-state index in [-0.39, 0.29) is 11.8 Å². The zero-order chi connectivity index (χ0) is 15.1. The lowest BCUT2D eigenvalue weighted by Gasteiger charge is -2.08. The number of hydrogen-bond acceptors (Lipinski definition) is 3. The van der Waals surface area contributed by atoms with Gasteiger partial charge in [0.05, 0.1) is 0 Å². The van der Waals surface area contributed by atoms with Gasteiger partial charge in [0.2, 0.25) is 0 Å². The Bertz CT molecular complexity index is 579. The summed E-state index contributed by atoms with van der Waals surface area (Å²) in [5.41, 5.74) is 8.32. The van der Waals surface area contributed by atoms with Crippen LogP contribution >= 0.6 is 0 Å². The van der Waals surface area contributed by atoms with E-state index in [0.717, 1.165) is 16.8 Å². The molecule has 2 aromatic rings. The van der Waals surface area contributed by atoms with E-state index in [4.69, 9.17) is 5.73 Å². The molecule has 0 saturated heterocycles. The second-order valence-electron chi connectivity index (χ2n) is 4.70. The number of aromatic hydroxyl groups is 1. The zero-order valence-corrected chi connectivity index (χ0v) is 11.7. The number of rotatable bonds is 5. The van der Waals surface area contributed by atoms with E-state index in [9.17, 15) is 9.90 Å². The van der Waals surface area contributed by atoms with E-state index in [2.05, 4.69) is 10.6 Å². The molecule has 21 heavy (non-hydrogen) atoms. The van der Waals surface area contributed by atoms with E-state index >= 15 is 0 Å². The number of phenolic OH excluding ortho intramolecular Hbond substituents is 1. The number of carbonyl (C=O) groups excluding carboxylic acids is 1. The average molecular weight is 285 g/mol. The fourth-order valence-electron chi connectivity index (χ4n) is 1.88. The fraction of sp³-hybridized carbons (Fsp3) is 0.188. The third-order valence-corrected chi connectivity index (χ3v) is 3.08. The van der Waals surface area contributed by atoms with Crippen LogP contribution in [-0.4, -0.2) is 17.7 Å². The molecular formula is C16H19N3O2. The van der Waals surface area contributed by atoms with Crippen molar-refractivity contribution in [1.29, 1.82) is 0 Å². The molecule has 2 rings (SSSR count). The minimum absolute atomic E-state index is 0.241. The highest BCUT2D eigenvalue weighted by molar-refractivity contribution is 5.89. The molecule has 0 aliphatic heterocycles. The monoisotopic (exact) mass is 285 g/mol. The summed E-state index contributed by atoms with van der Waals surface area (Å²) >= 11 is 0. The average Bonchev–Trinajstić information content (AvgIpc) is 2.50. The van der Waals surface area contributed by atoms with E-state index in [1.54, 1.807) is 12.1 Å². The van der Waals surface area contributed by atoms with Crippen LogP contribution in [0.15, 0.2) is 48.5 Å². The molecule has 2 aromatic carbocycles. The number of phenols is 1. The van der Waals surface area contributed by atoms with Crippen molar-refractivity contribution < 1.29 is 9.90 Å². The lowest BCUT2D eigenvalue weighted by molar-refractivity contribution is 0.252. The summed E-state index contributed by atoms with van der Waals surface area (Å²) in [5.74, 6) is 0.241. The summed E-state index contributed by atoms with van der Waals surface area (Å²) in [5, 5.41) is 14.7. The van der Waals surface area contributed by atoms with Crippen molar-refractivity contribution in [3.8, 4) is 5.75 Å². The Hall–Kier alpha value is -2.53. The van der Waals surface area contributed by atoms with Crippen LogP contribution in [0.5, 0.6) is 5.75 Å². The van der Waals surface area contributed by atoms with Crippen LogP contribution in [0.3, 0.4) is 0 Å². The number of nitrogens with one attached hydrogen (secondary N) is 2. The Balaban J connectivity index is 1.75. The van der Waals surface area contributed by atoms with E-state index in [1.165, 1.54) is 0 Å². The molecule has 0 atom stereocenters. The van der Waals surface area contributed by atoms with Crippen molar-refractivity contribution in [2.45, 2.75) is 13.0 Å². The van der Waals surface area contributed by atoms with Crippen LogP contribution in [0.2, 0.25) is 0 Å². The number of urea groups is 1. The molecular weight excluding hydrogens is 266 g/mol. The fourth-order valence-corrected chi connectivity index (χ4v) is 1.88. The van der Waals surface area contributed by atoms with Crippen molar-refractivity contribution in [1.82, 2.24) is 5.32 Å². The third kappa shape index (κ3) is 4.81. The number of benzene rings is 2. The molecule has 0 heterocycles. The standard InChI is InChI=1S/C16H19N3O2/c17-11-13-1-5-14(6-2-13)19-16(21)18-10-9-12-3-7-15(20)8-4-12/h1-8,20H,9-11,17H2,(H2,18,19,21). The van der Waals surface area contributed by atoms with Gasteiger partial charge in [-0.15, -0.1) is 0 Å². The van der Waals surface area contributed by atoms with Crippen LogP contribution < -0.4 is 16.4 Å². The summed E-state index contributed by atoms with van der Waals surface area (Å²) in [4.78, 5) is 11.7. The molecule has 0 fully saturated rings. The van der Waals surface area contributed by atoms with Gasteiger partial charge in [0.15, 0.2) is 0 Å². The normalized spacial score (nSPS) is 10.1. The molecule has 0 saturated carbocycles. The smallest absolute Gasteiger partial charge is 0.319 e. The molecule has 0 aromatic heterocycles. The summed E-state index contributed by atoms with van der Waals surface area (Å²) in [7, 11) is 0. The zero-order valence-electron chi connectivity index (χ0n) is 11.7. The maximum Gasteiger partial charge on any atom is 0.319 e. The third-order valence-electron chi connectivity index (χ3n) is 3.08. The maximum absolute atomic E-state index is 11.7. The van der Waals surface area contributed by atoms with Crippen molar-refractivity contribution in [3.63, 3.8) is 0 Å². The van der Waals surface area contributed by atoms with Gasteiger partial charge in [-0.2, -0.15) is 0 Å². The number of anilines is 1. The minimum Gasteiger partial charge on any atom is -0.508 e. The molecule has 0 bridgehead atoms. The molecule has 5 heteroatoms. The Kier molecular flexibility index (Phi) is 5.17. The van der Waals surface area contributed by atoms with Crippen LogP contribution in [0.1, 0.15) is 11.1 Å². The molecule has 110 valence electrons. The molecule has 0 unspecified atom stereocenters. The summed E-state index contributed by atoms with van der Waals surface area (Å²) in [6.45, 7) is 1.01. The maximum atomic E-state index is 11.7. The van der Waals surface area contributed by atoms with Crippen molar-refractivity contribution in [2.24, 2.45) is 5.73 Å². The van der Waals surface area contributed by atoms with Gasteiger partial charge in [0.1, 0.15) is 5.75 Å². The van der Waals surface area contributed by atoms with Gasteiger partial charge in [-0.05, 0) is 41.8 Å². The Morgan fingerprint density at radius 1 is 1.00 bits per heavy atom. The number of carbonyl (C=O) groups is 1. The highest BCUT2D eigenvalue weighted by Gasteiger charge is 2.01. The lowest BCUT2D eigenvalue weighted by Crippen LogP contribution is -2.30. The highest BCUT2D eigenvalue weighted by atomic mass is 16.3. The first-order chi connectivity index (χ1) is 10.2. The minimum atomic E-state index is -0.241. The van der Waals surface area contributed by atoms with Crippen LogP contribution in [-0.2, 0) is 13.0 Å². The van der Waals surface area contributed by atoms with Crippen molar-refractivity contribution in [3.05, 3.63) is 59.7 Å². The SMILES string of the molecule is NCc1ccc(NC(=O)NCCc2ccc(O)cc2)cc1. The predicted molar refractivity (Wildman–Crippen MR) is 83.2 cm³/mol. The molecule has 0 aliphatic carbocycles. The van der Waals surface area contributed by atoms with Crippen LogP contribution in [0.4, 0.5) is 10.5 Å². The predicted octanol–water partition coefficient (Wildman–Crippen LogP) is 2.22. The van der Waals surface area contributed by atoms with E-state index in [0.29, 0.717) is 19.5 Å². The van der Waals surface area contributed by atoms with Crippen LogP contribution in [0.25, 0.3) is 0 Å². The molecule has 5 N–H and O–H groups in total. The Morgan fingerprint density at radius 3 is 2.24 bits per heavy atom. The van der Waals surface area contributed by atoms with E-state index in [1.807, 2.05) is 36.4 Å². The number of nitrogens with two attached hydrogens (primary N) is 1. The number of amides is 2. The molecule has 2 amide bonds. The highest BCUT2D eigenvalue weighted by Crippen LogP contribution is 2.10. The molecule has 5 nitrogen and oxygen atoms in total. The first-order valence-electron chi connectivity index (χ1n) is 6.79.